The molecule has 1 heterocycles. The van der Waals surface area contributed by atoms with Crippen LogP contribution >= 0.6 is 0 Å². The maximum absolute atomic E-state index is 12.6. The molecule has 0 aliphatic heterocycles. The van der Waals surface area contributed by atoms with Gasteiger partial charge in [-0.05, 0) is 68.8 Å². The smallest absolute Gasteiger partial charge is 0.341 e. The number of ether oxygens (including phenoxy) is 1. The number of carbonyl (C=O) groups excluding carboxylic acids is 3. The van der Waals surface area contributed by atoms with E-state index >= 15 is 0 Å². The molecule has 3 aromatic rings. The van der Waals surface area contributed by atoms with Gasteiger partial charge in [-0.3, -0.25) is 9.59 Å². The topological polar surface area (TPSA) is 102 Å². The van der Waals surface area contributed by atoms with Crippen molar-refractivity contribution in [1.82, 2.24) is 9.78 Å². The molecule has 2 N–H and O–H groups in total. The van der Waals surface area contributed by atoms with Gasteiger partial charge in [-0.15, -0.1) is 0 Å². The van der Waals surface area contributed by atoms with Gasteiger partial charge in [-0.2, -0.15) is 5.10 Å². The van der Waals surface area contributed by atoms with E-state index in [1.54, 1.807) is 61.0 Å². The van der Waals surface area contributed by atoms with Crippen LogP contribution in [0.1, 0.15) is 45.8 Å². The van der Waals surface area contributed by atoms with Crippen molar-refractivity contribution in [3.63, 3.8) is 0 Å². The molecular formula is C23H24N4O4. The number of carbonyl (C=O) groups is 3. The van der Waals surface area contributed by atoms with Gasteiger partial charge in [0.2, 0.25) is 5.91 Å². The molecule has 0 atom stereocenters. The summed E-state index contributed by atoms with van der Waals surface area (Å²) in [6.45, 7) is 7.13. The Morgan fingerprint density at radius 2 is 1.74 bits per heavy atom. The average molecular weight is 420 g/mol. The molecule has 0 fully saturated rings. The van der Waals surface area contributed by atoms with E-state index < -0.39 is 5.97 Å². The molecule has 0 unspecified atom stereocenters. The predicted molar refractivity (Wildman–Crippen MR) is 118 cm³/mol. The Hall–Kier alpha value is -3.94. The zero-order valence-electron chi connectivity index (χ0n) is 17.9. The molecule has 160 valence electrons. The summed E-state index contributed by atoms with van der Waals surface area (Å²) in [5.74, 6) is -0.827. The van der Waals surface area contributed by atoms with Gasteiger partial charge in [0.1, 0.15) is 5.56 Å². The summed E-state index contributed by atoms with van der Waals surface area (Å²) in [5.41, 5.74) is 4.43. The third-order valence-corrected chi connectivity index (χ3v) is 4.67. The number of aromatic nitrogens is 2. The SMILES string of the molecule is CCOC(=O)c1cnn(-c2ccc(C(=O)Nc3ccc(NC(C)=O)c(C)c3)cc2)c1C. The van der Waals surface area contributed by atoms with E-state index in [0.29, 0.717) is 34.8 Å². The fourth-order valence-corrected chi connectivity index (χ4v) is 3.11. The summed E-state index contributed by atoms with van der Waals surface area (Å²) < 4.78 is 6.66. The zero-order valence-corrected chi connectivity index (χ0v) is 17.9. The second kappa shape index (κ2) is 9.25. The van der Waals surface area contributed by atoms with Crippen molar-refractivity contribution in [2.24, 2.45) is 0 Å². The van der Waals surface area contributed by atoms with E-state index in [0.717, 1.165) is 11.3 Å². The minimum atomic E-state index is -0.415. The van der Waals surface area contributed by atoms with Gasteiger partial charge in [-0.25, -0.2) is 9.48 Å². The quantitative estimate of drug-likeness (QED) is 0.589. The monoisotopic (exact) mass is 420 g/mol. The lowest BCUT2D eigenvalue weighted by molar-refractivity contribution is -0.114. The minimum Gasteiger partial charge on any atom is -0.462 e. The Bertz CT molecular complexity index is 1130. The van der Waals surface area contributed by atoms with Gasteiger partial charge in [0, 0.05) is 23.9 Å². The Balaban J connectivity index is 1.73. The largest absolute Gasteiger partial charge is 0.462 e. The lowest BCUT2D eigenvalue weighted by atomic mass is 10.1. The summed E-state index contributed by atoms with van der Waals surface area (Å²) >= 11 is 0. The molecule has 0 spiro atoms. The summed E-state index contributed by atoms with van der Waals surface area (Å²) in [4.78, 5) is 35.8. The molecule has 0 aliphatic rings. The number of benzene rings is 2. The molecule has 8 heteroatoms. The lowest BCUT2D eigenvalue weighted by Gasteiger charge is -2.11. The first-order valence-electron chi connectivity index (χ1n) is 9.82. The van der Waals surface area contributed by atoms with Crippen molar-refractivity contribution in [3.8, 4) is 5.69 Å². The number of anilines is 2. The number of esters is 1. The number of hydrogen-bond acceptors (Lipinski definition) is 5. The second-order valence-corrected chi connectivity index (χ2v) is 6.99. The highest BCUT2D eigenvalue weighted by atomic mass is 16.5. The molecule has 0 bridgehead atoms. The van der Waals surface area contributed by atoms with E-state index in [9.17, 15) is 14.4 Å². The van der Waals surface area contributed by atoms with Crippen LogP contribution in [0.15, 0.2) is 48.7 Å². The summed E-state index contributed by atoms with van der Waals surface area (Å²) in [7, 11) is 0. The van der Waals surface area contributed by atoms with Crippen molar-refractivity contribution < 1.29 is 19.1 Å². The van der Waals surface area contributed by atoms with Crippen LogP contribution in [0.25, 0.3) is 5.69 Å². The molecule has 0 saturated heterocycles. The highest BCUT2D eigenvalue weighted by Crippen LogP contribution is 2.21. The van der Waals surface area contributed by atoms with E-state index in [1.807, 2.05) is 6.92 Å². The van der Waals surface area contributed by atoms with E-state index in [1.165, 1.54) is 13.1 Å². The predicted octanol–water partition coefficient (Wildman–Crippen LogP) is 3.88. The number of nitrogens with one attached hydrogen (secondary N) is 2. The van der Waals surface area contributed by atoms with Crippen molar-refractivity contribution in [2.45, 2.75) is 27.7 Å². The fraction of sp³-hybridized carbons (Fsp3) is 0.217. The summed E-state index contributed by atoms with van der Waals surface area (Å²) in [5, 5.41) is 9.84. The number of amides is 2. The highest BCUT2D eigenvalue weighted by molar-refractivity contribution is 6.04. The first-order valence-corrected chi connectivity index (χ1v) is 9.82. The number of nitrogens with zero attached hydrogens (tertiary/aromatic N) is 2. The van der Waals surface area contributed by atoms with Crippen LogP contribution in [0.5, 0.6) is 0 Å². The molecular weight excluding hydrogens is 396 g/mol. The maximum Gasteiger partial charge on any atom is 0.341 e. The highest BCUT2D eigenvalue weighted by Gasteiger charge is 2.16. The van der Waals surface area contributed by atoms with Gasteiger partial charge in [0.25, 0.3) is 5.91 Å². The lowest BCUT2D eigenvalue weighted by Crippen LogP contribution is -2.13. The van der Waals surface area contributed by atoms with Crippen LogP contribution in [0.4, 0.5) is 11.4 Å². The third-order valence-electron chi connectivity index (χ3n) is 4.67. The first kappa shape index (κ1) is 21.8. The number of rotatable bonds is 6. The maximum atomic E-state index is 12.6. The number of aryl methyl sites for hydroxylation is 1. The van der Waals surface area contributed by atoms with Crippen molar-refractivity contribution >= 4 is 29.2 Å². The van der Waals surface area contributed by atoms with E-state index in [-0.39, 0.29) is 11.8 Å². The molecule has 31 heavy (non-hydrogen) atoms. The Morgan fingerprint density at radius 3 is 2.35 bits per heavy atom. The third kappa shape index (κ3) is 4.98. The molecule has 8 nitrogen and oxygen atoms in total. The van der Waals surface area contributed by atoms with Gasteiger partial charge in [0.05, 0.1) is 24.2 Å². The molecule has 0 radical (unpaired) electrons. The van der Waals surface area contributed by atoms with Crippen LogP contribution in [0.3, 0.4) is 0 Å². The minimum absolute atomic E-state index is 0.151. The van der Waals surface area contributed by atoms with Crippen LogP contribution in [-0.4, -0.2) is 34.2 Å². The Morgan fingerprint density at radius 1 is 1.03 bits per heavy atom. The summed E-state index contributed by atoms with van der Waals surface area (Å²) in [6, 6.07) is 12.2. The molecule has 3 rings (SSSR count). The van der Waals surface area contributed by atoms with Gasteiger partial charge in [0.15, 0.2) is 0 Å². The summed E-state index contributed by atoms with van der Waals surface area (Å²) in [6.07, 6.45) is 1.47. The normalized spacial score (nSPS) is 10.5. The van der Waals surface area contributed by atoms with Gasteiger partial charge in [-0.1, -0.05) is 0 Å². The molecule has 0 saturated carbocycles. The van der Waals surface area contributed by atoms with Gasteiger partial charge < -0.3 is 15.4 Å². The Labute approximate surface area is 180 Å². The van der Waals surface area contributed by atoms with Crippen LogP contribution in [-0.2, 0) is 9.53 Å². The second-order valence-electron chi connectivity index (χ2n) is 6.99. The Kier molecular flexibility index (Phi) is 6.49. The fourth-order valence-electron chi connectivity index (χ4n) is 3.11. The van der Waals surface area contributed by atoms with E-state index in [4.69, 9.17) is 4.74 Å². The van der Waals surface area contributed by atoms with Crippen molar-refractivity contribution in [3.05, 3.63) is 71.0 Å². The van der Waals surface area contributed by atoms with Gasteiger partial charge >= 0.3 is 5.97 Å². The van der Waals surface area contributed by atoms with Crippen LogP contribution in [0, 0.1) is 13.8 Å². The zero-order chi connectivity index (χ0) is 22.5. The molecule has 0 aliphatic carbocycles. The average Bonchev–Trinajstić information content (AvgIpc) is 3.11. The number of hydrogen-bond donors (Lipinski definition) is 2. The van der Waals surface area contributed by atoms with E-state index in [2.05, 4.69) is 15.7 Å². The van der Waals surface area contributed by atoms with Crippen LogP contribution < -0.4 is 10.6 Å². The standard InChI is InChI=1S/C23H24N4O4/c1-5-31-23(30)20-13-24-27(15(20)3)19-9-6-17(7-10-19)22(29)26-18-8-11-21(14(2)12-18)25-16(4)28/h6-13H,5H2,1-4H3,(H,25,28)(H,26,29). The first-order chi connectivity index (χ1) is 14.8. The van der Waals surface area contributed by atoms with Crippen molar-refractivity contribution in [2.75, 3.05) is 17.2 Å². The molecule has 2 amide bonds. The van der Waals surface area contributed by atoms with Crippen LogP contribution in [0.2, 0.25) is 0 Å². The molecule has 2 aromatic carbocycles. The molecule has 1 aromatic heterocycles. The van der Waals surface area contributed by atoms with Crippen molar-refractivity contribution in [1.29, 1.82) is 0 Å².